The van der Waals surface area contributed by atoms with Crippen LogP contribution >= 0.6 is 0 Å². The third-order valence-electron chi connectivity index (χ3n) is 5.22. The van der Waals surface area contributed by atoms with Gasteiger partial charge in [-0.15, -0.1) is 0 Å². The Hall–Kier alpha value is -0.890. The standard InChI is InChI=1S/C18H30N2/c1-5-17(6-2)12-18(13-17,14-20-10-15(3)4)16-8-7-9-19-11-16/h7-9,11,15,20H,5-6,10,12-14H2,1-4H3. The van der Waals surface area contributed by atoms with Gasteiger partial charge in [-0.2, -0.15) is 0 Å². The number of pyridine rings is 1. The molecule has 2 heteroatoms. The first kappa shape index (κ1) is 15.5. The summed E-state index contributed by atoms with van der Waals surface area (Å²) in [6.07, 6.45) is 9.18. The maximum atomic E-state index is 4.35. The van der Waals surface area contributed by atoms with Crippen LogP contribution in [0.15, 0.2) is 24.5 Å². The van der Waals surface area contributed by atoms with Crippen molar-refractivity contribution in [3.63, 3.8) is 0 Å². The molecule has 0 aliphatic heterocycles. The SMILES string of the molecule is CCC1(CC)CC(CNCC(C)C)(c2cccnc2)C1. The van der Waals surface area contributed by atoms with Crippen LogP contribution in [-0.4, -0.2) is 18.1 Å². The minimum atomic E-state index is 0.315. The molecule has 1 saturated carbocycles. The van der Waals surface area contributed by atoms with Crippen molar-refractivity contribution in [2.45, 2.75) is 58.8 Å². The van der Waals surface area contributed by atoms with Crippen molar-refractivity contribution in [1.29, 1.82) is 0 Å². The van der Waals surface area contributed by atoms with Gasteiger partial charge in [0.05, 0.1) is 0 Å². The predicted molar refractivity (Wildman–Crippen MR) is 85.9 cm³/mol. The summed E-state index contributed by atoms with van der Waals surface area (Å²) in [5, 5.41) is 3.68. The van der Waals surface area contributed by atoms with Gasteiger partial charge in [0.1, 0.15) is 0 Å². The van der Waals surface area contributed by atoms with E-state index in [0.717, 1.165) is 13.1 Å². The van der Waals surface area contributed by atoms with Gasteiger partial charge in [-0.25, -0.2) is 0 Å². The van der Waals surface area contributed by atoms with Gasteiger partial charge in [-0.1, -0.05) is 46.6 Å². The molecule has 112 valence electrons. The van der Waals surface area contributed by atoms with Crippen molar-refractivity contribution in [3.8, 4) is 0 Å². The fourth-order valence-electron chi connectivity index (χ4n) is 3.84. The molecule has 20 heavy (non-hydrogen) atoms. The normalized spacial score (nSPS) is 19.9. The average molecular weight is 274 g/mol. The lowest BCUT2D eigenvalue weighted by molar-refractivity contribution is 0.0124. The van der Waals surface area contributed by atoms with E-state index in [2.05, 4.69) is 56.3 Å². The van der Waals surface area contributed by atoms with Crippen LogP contribution in [0.4, 0.5) is 0 Å². The monoisotopic (exact) mass is 274 g/mol. The lowest BCUT2D eigenvalue weighted by Crippen LogP contribution is -2.54. The molecular weight excluding hydrogens is 244 g/mol. The summed E-state index contributed by atoms with van der Waals surface area (Å²) in [5.41, 5.74) is 2.30. The zero-order valence-corrected chi connectivity index (χ0v) is 13.6. The van der Waals surface area contributed by atoms with Crippen molar-refractivity contribution in [3.05, 3.63) is 30.1 Å². The van der Waals surface area contributed by atoms with Crippen LogP contribution < -0.4 is 5.32 Å². The third-order valence-corrected chi connectivity index (χ3v) is 5.22. The van der Waals surface area contributed by atoms with E-state index in [1.54, 1.807) is 0 Å². The topological polar surface area (TPSA) is 24.9 Å². The van der Waals surface area contributed by atoms with Crippen LogP contribution in [0.2, 0.25) is 0 Å². The zero-order chi connectivity index (χ0) is 14.6. The van der Waals surface area contributed by atoms with E-state index < -0.39 is 0 Å². The Morgan fingerprint density at radius 1 is 1.25 bits per heavy atom. The molecule has 1 N–H and O–H groups in total. The molecule has 1 fully saturated rings. The van der Waals surface area contributed by atoms with E-state index >= 15 is 0 Å². The summed E-state index contributed by atoms with van der Waals surface area (Å²) in [6, 6.07) is 4.34. The van der Waals surface area contributed by atoms with Gasteiger partial charge in [0.25, 0.3) is 0 Å². The molecular formula is C18H30N2. The summed E-state index contributed by atoms with van der Waals surface area (Å²) < 4.78 is 0. The number of rotatable bonds is 7. The Bertz CT molecular complexity index is 399. The summed E-state index contributed by atoms with van der Waals surface area (Å²) in [5.74, 6) is 0.711. The lowest BCUT2D eigenvalue weighted by atomic mass is 9.48. The molecule has 1 aromatic rings. The molecule has 2 rings (SSSR count). The largest absolute Gasteiger partial charge is 0.316 e. The number of nitrogens with zero attached hydrogens (tertiary/aromatic N) is 1. The van der Waals surface area contributed by atoms with E-state index in [1.165, 1.54) is 31.2 Å². The van der Waals surface area contributed by atoms with Gasteiger partial charge in [0.2, 0.25) is 0 Å². The Morgan fingerprint density at radius 3 is 2.45 bits per heavy atom. The summed E-state index contributed by atoms with van der Waals surface area (Å²) in [7, 11) is 0. The van der Waals surface area contributed by atoms with Crippen molar-refractivity contribution < 1.29 is 0 Å². The molecule has 1 heterocycles. The fraction of sp³-hybridized carbons (Fsp3) is 0.722. The molecule has 0 bridgehead atoms. The maximum Gasteiger partial charge on any atom is 0.0306 e. The van der Waals surface area contributed by atoms with Crippen LogP contribution in [0.5, 0.6) is 0 Å². The quantitative estimate of drug-likeness (QED) is 0.807. The molecule has 0 unspecified atom stereocenters. The Balaban J connectivity index is 2.11. The van der Waals surface area contributed by atoms with Gasteiger partial charge in [0, 0.05) is 24.4 Å². The van der Waals surface area contributed by atoms with E-state index in [1.807, 2.05) is 6.20 Å². The summed E-state index contributed by atoms with van der Waals surface area (Å²) in [4.78, 5) is 4.35. The number of hydrogen-bond acceptors (Lipinski definition) is 2. The zero-order valence-electron chi connectivity index (χ0n) is 13.6. The molecule has 1 aliphatic rings. The number of hydrogen-bond donors (Lipinski definition) is 1. The predicted octanol–water partition coefficient (Wildman–Crippen LogP) is 4.17. The maximum absolute atomic E-state index is 4.35. The molecule has 0 atom stereocenters. The highest BCUT2D eigenvalue weighted by Gasteiger charge is 2.52. The van der Waals surface area contributed by atoms with E-state index in [-0.39, 0.29) is 0 Å². The third kappa shape index (κ3) is 3.06. The minimum Gasteiger partial charge on any atom is -0.316 e. The molecule has 2 nitrogen and oxygen atoms in total. The Kier molecular flexibility index (Phi) is 4.85. The van der Waals surface area contributed by atoms with Crippen LogP contribution in [0, 0.1) is 11.3 Å². The van der Waals surface area contributed by atoms with E-state index in [4.69, 9.17) is 0 Å². The lowest BCUT2D eigenvalue weighted by Gasteiger charge is -2.57. The second kappa shape index (κ2) is 6.26. The molecule has 0 aromatic carbocycles. The number of nitrogens with one attached hydrogen (secondary N) is 1. The number of aromatic nitrogens is 1. The molecule has 0 saturated heterocycles. The van der Waals surface area contributed by atoms with Gasteiger partial charge < -0.3 is 5.32 Å². The average Bonchev–Trinajstić information content (AvgIpc) is 2.42. The van der Waals surface area contributed by atoms with Crippen molar-refractivity contribution in [2.75, 3.05) is 13.1 Å². The molecule has 0 amide bonds. The highest BCUT2D eigenvalue weighted by molar-refractivity contribution is 5.29. The van der Waals surface area contributed by atoms with Gasteiger partial charge in [0.15, 0.2) is 0 Å². The molecule has 0 spiro atoms. The second-order valence-corrected chi connectivity index (χ2v) is 7.11. The van der Waals surface area contributed by atoms with Crippen molar-refractivity contribution in [1.82, 2.24) is 10.3 Å². The molecule has 0 radical (unpaired) electrons. The van der Waals surface area contributed by atoms with Crippen LogP contribution in [0.1, 0.15) is 58.9 Å². The minimum absolute atomic E-state index is 0.315. The first-order valence-corrected chi connectivity index (χ1v) is 8.17. The fourth-order valence-corrected chi connectivity index (χ4v) is 3.84. The van der Waals surface area contributed by atoms with E-state index in [9.17, 15) is 0 Å². The van der Waals surface area contributed by atoms with Gasteiger partial charge >= 0.3 is 0 Å². The first-order valence-electron chi connectivity index (χ1n) is 8.17. The van der Waals surface area contributed by atoms with Crippen molar-refractivity contribution >= 4 is 0 Å². The first-order chi connectivity index (χ1) is 9.56. The Morgan fingerprint density at radius 2 is 1.95 bits per heavy atom. The summed E-state index contributed by atoms with van der Waals surface area (Å²) >= 11 is 0. The van der Waals surface area contributed by atoms with Gasteiger partial charge in [-0.3, -0.25) is 4.98 Å². The van der Waals surface area contributed by atoms with Crippen LogP contribution in [-0.2, 0) is 5.41 Å². The molecule has 1 aliphatic carbocycles. The second-order valence-electron chi connectivity index (χ2n) is 7.11. The smallest absolute Gasteiger partial charge is 0.0306 e. The van der Waals surface area contributed by atoms with E-state index in [0.29, 0.717) is 16.7 Å². The van der Waals surface area contributed by atoms with Crippen molar-refractivity contribution in [2.24, 2.45) is 11.3 Å². The Labute approximate surface area is 124 Å². The van der Waals surface area contributed by atoms with Crippen LogP contribution in [0.3, 0.4) is 0 Å². The van der Waals surface area contributed by atoms with Crippen LogP contribution in [0.25, 0.3) is 0 Å². The summed E-state index contributed by atoms with van der Waals surface area (Å²) in [6.45, 7) is 11.4. The highest BCUT2D eigenvalue weighted by Crippen LogP contribution is 2.58. The molecule has 1 aromatic heterocycles. The highest BCUT2D eigenvalue weighted by atomic mass is 14.9. The van der Waals surface area contributed by atoms with Gasteiger partial charge in [-0.05, 0) is 42.3 Å².